The lowest BCUT2D eigenvalue weighted by Crippen LogP contribution is -2.15. The van der Waals surface area contributed by atoms with Crippen LogP contribution in [0.4, 0.5) is 10.1 Å². The van der Waals surface area contributed by atoms with Crippen LogP contribution in [-0.4, -0.2) is 10.9 Å². The molecule has 4 heteroatoms. The highest BCUT2D eigenvalue weighted by atomic mass is 19.1. The van der Waals surface area contributed by atoms with Crippen molar-refractivity contribution in [3.05, 3.63) is 95.8 Å². The van der Waals surface area contributed by atoms with Gasteiger partial charge in [-0.3, -0.25) is 4.79 Å². The van der Waals surface area contributed by atoms with Gasteiger partial charge in [-0.15, -0.1) is 0 Å². The zero-order chi connectivity index (χ0) is 18.8. The molecule has 27 heavy (non-hydrogen) atoms. The summed E-state index contributed by atoms with van der Waals surface area (Å²) in [6, 6.07) is 23.2. The second-order valence-corrected chi connectivity index (χ2v) is 6.31. The molecule has 0 unspecified atom stereocenters. The van der Waals surface area contributed by atoms with Crippen molar-refractivity contribution in [2.45, 2.75) is 6.92 Å². The number of rotatable bonds is 3. The number of para-hydroxylation sites is 1. The maximum absolute atomic E-state index is 13.5. The molecule has 1 aromatic heterocycles. The fraction of sp³-hybridized carbons (Fsp3) is 0.0435. The Kier molecular flexibility index (Phi) is 4.38. The smallest absolute Gasteiger partial charge is 0.256 e. The van der Waals surface area contributed by atoms with Gasteiger partial charge in [-0.2, -0.15) is 0 Å². The first-order valence-corrected chi connectivity index (χ1v) is 8.65. The largest absolute Gasteiger partial charge is 0.322 e. The molecule has 0 fully saturated rings. The van der Waals surface area contributed by atoms with Crippen LogP contribution in [0.25, 0.3) is 22.2 Å². The van der Waals surface area contributed by atoms with E-state index in [9.17, 15) is 9.18 Å². The first-order valence-electron chi connectivity index (χ1n) is 8.65. The summed E-state index contributed by atoms with van der Waals surface area (Å²) in [5, 5.41) is 3.57. The zero-order valence-electron chi connectivity index (χ0n) is 14.7. The molecule has 0 aliphatic carbocycles. The van der Waals surface area contributed by atoms with Crippen molar-refractivity contribution < 1.29 is 9.18 Å². The molecule has 1 amide bonds. The Morgan fingerprint density at radius 2 is 1.67 bits per heavy atom. The molecule has 0 atom stereocenters. The van der Waals surface area contributed by atoms with E-state index in [4.69, 9.17) is 4.98 Å². The number of nitrogens with one attached hydrogen (secondary N) is 1. The Morgan fingerprint density at radius 1 is 0.926 bits per heavy atom. The molecule has 0 bridgehead atoms. The van der Waals surface area contributed by atoms with Crippen molar-refractivity contribution in [1.82, 2.24) is 4.98 Å². The molecular weight excluding hydrogens is 339 g/mol. The van der Waals surface area contributed by atoms with Gasteiger partial charge in [0.1, 0.15) is 5.82 Å². The van der Waals surface area contributed by atoms with E-state index in [2.05, 4.69) is 5.32 Å². The van der Waals surface area contributed by atoms with Crippen molar-refractivity contribution in [3.63, 3.8) is 0 Å². The Hall–Kier alpha value is -3.53. The van der Waals surface area contributed by atoms with Crippen LogP contribution in [0.1, 0.15) is 15.9 Å². The zero-order valence-corrected chi connectivity index (χ0v) is 14.7. The number of hydrogen-bond acceptors (Lipinski definition) is 2. The van der Waals surface area contributed by atoms with Gasteiger partial charge in [-0.05, 0) is 36.8 Å². The molecular formula is C23H17FN2O. The molecule has 1 heterocycles. The Balaban J connectivity index is 1.88. The molecule has 132 valence electrons. The number of pyridine rings is 1. The molecule has 1 N–H and O–H groups in total. The van der Waals surface area contributed by atoms with Crippen molar-refractivity contribution >= 4 is 22.5 Å². The molecule has 0 spiro atoms. The van der Waals surface area contributed by atoms with Crippen LogP contribution < -0.4 is 5.32 Å². The predicted molar refractivity (Wildman–Crippen MR) is 106 cm³/mol. The summed E-state index contributed by atoms with van der Waals surface area (Å²) in [7, 11) is 0. The van der Waals surface area contributed by atoms with Crippen molar-refractivity contribution in [1.29, 1.82) is 0 Å². The van der Waals surface area contributed by atoms with E-state index in [1.54, 1.807) is 12.1 Å². The van der Waals surface area contributed by atoms with E-state index in [1.807, 2.05) is 61.5 Å². The van der Waals surface area contributed by atoms with Crippen molar-refractivity contribution in [2.75, 3.05) is 5.32 Å². The number of nitrogens with zero attached hydrogens (tertiary/aromatic N) is 1. The summed E-state index contributed by atoms with van der Waals surface area (Å²) in [6.07, 6.45) is 0. The Bertz CT molecular complexity index is 1140. The minimum Gasteiger partial charge on any atom is -0.322 e. The van der Waals surface area contributed by atoms with E-state index in [1.165, 1.54) is 12.1 Å². The lowest BCUT2D eigenvalue weighted by atomic mass is 9.97. The molecule has 4 rings (SSSR count). The maximum atomic E-state index is 13.5. The molecule has 3 nitrogen and oxygen atoms in total. The van der Waals surface area contributed by atoms with E-state index < -0.39 is 5.82 Å². The first-order chi connectivity index (χ1) is 13.1. The molecule has 0 aliphatic rings. The van der Waals surface area contributed by atoms with Crippen LogP contribution in [0.15, 0.2) is 78.9 Å². The Morgan fingerprint density at radius 3 is 2.44 bits per heavy atom. The third kappa shape index (κ3) is 3.29. The maximum Gasteiger partial charge on any atom is 0.256 e. The molecule has 4 aromatic rings. The number of aromatic nitrogens is 1. The summed E-state index contributed by atoms with van der Waals surface area (Å²) >= 11 is 0. The van der Waals surface area contributed by atoms with E-state index in [0.717, 1.165) is 27.7 Å². The normalized spacial score (nSPS) is 10.7. The Labute approximate surface area is 156 Å². The third-order valence-electron chi connectivity index (χ3n) is 4.49. The number of hydrogen-bond donors (Lipinski definition) is 1. The minimum absolute atomic E-state index is 0.283. The van der Waals surface area contributed by atoms with Crippen LogP contribution in [0.3, 0.4) is 0 Å². The lowest BCUT2D eigenvalue weighted by molar-refractivity contribution is 0.102. The van der Waals surface area contributed by atoms with Crippen LogP contribution in [0, 0.1) is 12.7 Å². The van der Waals surface area contributed by atoms with Gasteiger partial charge in [0.15, 0.2) is 0 Å². The summed E-state index contributed by atoms with van der Waals surface area (Å²) in [5.41, 5.74) is 4.20. The van der Waals surface area contributed by atoms with Crippen LogP contribution in [0.5, 0.6) is 0 Å². The van der Waals surface area contributed by atoms with Crippen molar-refractivity contribution in [3.8, 4) is 11.3 Å². The monoisotopic (exact) mass is 356 g/mol. The standard InChI is InChI=1S/C23H17FN2O/c1-15-21(23(27)25-18-11-7-10-17(24)14-18)19-12-5-6-13-20(19)26-22(15)16-8-3-2-4-9-16/h2-14H,1H3,(H,25,27). The summed E-state index contributed by atoms with van der Waals surface area (Å²) < 4.78 is 13.5. The van der Waals surface area contributed by atoms with Gasteiger partial charge >= 0.3 is 0 Å². The van der Waals surface area contributed by atoms with E-state index in [0.29, 0.717) is 11.3 Å². The number of benzene rings is 3. The number of halogens is 1. The van der Waals surface area contributed by atoms with E-state index in [-0.39, 0.29) is 5.91 Å². The van der Waals surface area contributed by atoms with Gasteiger partial charge in [0, 0.05) is 16.6 Å². The predicted octanol–water partition coefficient (Wildman–Crippen LogP) is 5.60. The molecule has 0 saturated carbocycles. The van der Waals surface area contributed by atoms with Gasteiger partial charge in [0.2, 0.25) is 0 Å². The van der Waals surface area contributed by atoms with Crippen LogP contribution >= 0.6 is 0 Å². The quantitative estimate of drug-likeness (QED) is 0.519. The fourth-order valence-corrected chi connectivity index (χ4v) is 3.24. The highest BCUT2D eigenvalue weighted by Gasteiger charge is 2.19. The minimum atomic E-state index is -0.394. The fourth-order valence-electron chi connectivity index (χ4n) is 3.24. The molecule has 0 aliphatic heterocycles. The number of fused-ring (bicyclic) bond motifs is 1. The lowest BCUT2D eigenvalue weighted by Gasteiger charge is -2.15. The van der Waals surface area contributed by atoms with Gasteiger partial charge in [-0.25, -0.2) is 9.37 Å². The molecule has 0 saturated heterocycles. The van der Waals surface area contributed by atoms with Gasteiger partial charge in [0.05, 0.1) is 16.8 Å². The SMILES string of the molecule is Cc1c(-c2ccccc2)nc2ccccc2c1C(=O)Nc1cccc(F)c1. The summed E-state index contributed by atoms with van der Waals surface area (Å²) in [6.45, 7) is 1.89. The average molecular weight is 356 g/mol. The van der Waals surface area contributed by atoms with Crippen LogP contribution in [-0.2, 0) is 0 Å². The number of carbonyl (C=O) groups excluding carboxylic acids is 1. The highest BCUT2D eigenvalue weighted by molar-refractivity contribution is 6.14. The molecule has 3 aromatic carbocycles. The average Bonchev–Trinajstić information content (AvgIpc) is 2.68. The topological polar surface area (TPSA) is 42.0 Å². The third-order valence-corrected chi connectivity index (χ3v) is 4.49. The second-order valence-electron chi connectivity index (χ2n) is 6.31. The summed E-state index contributed by atoms with van der Waals surface area (Å²) in [5.74, 6) is -0.678. The van der Waals surface area contributed by atoms with Crippen LogP contribution in [0.2, 0.25) is 0 Å². The summed E-state index contributed by atoms with van der Waals surface area (Å²) in [4.78, 5) is 17.9. The van der Waals surface area contributed by atoms with Crippen molar-refractivity contribution in [2.24, 2.45) is 0 Å². The number of amides is 1. The number of carbonyl (C=O) groups is 1. The molecule has 0 radical (unpaired) electrons. The van der Waals surface area contributed by atoms with Gasteiger partial charge in [-0.1, -0.05) is 54.6 Å². The van der Waals surface area contributed by atoms with E-state index >= 15 is 0 Å². The second kappa shape index (κ2) is 7.00. The van der Waals surface area contributed by atoms with Gasteiger partial charge in [0.25, 0.3) is 5.91 Å². The first kappa shape index (κ1) is 16.9. The van der Waals surface area contributed by atoms with Gasteiger partial charge < -0.3 is 5.32 Å². The highest BCUT2D eigenvalue weighted by Crippen LogP contribution is 2.30. The number of anilines is 1.